The number of nitrogens with zero attached hydrogens (tertiary/aromatic N) is 1. The molecule has 0 bridgehead atoms. The molecule has 132 valence electrons. The van der Waals surface area contributed by atoms with Crippen molar-refractivity contribution in [2.75, 3.05) is 5.75 Å². The predicted octanol–water partition coefficient (Wildman–Crippen LogP) is 3.48. The summed E-state index contributed by atoms with van der Waals surface area (Å²) in [5, 5.41) is 2.65. The maximum Gasteiger partial charge on any atom is 0.243 e. The molecule has 1 aliphatic heterocycles. The Hall–Kier alpha value is -1.56. The minimum Gasteiger partial charge on any atom is -0.352 e. The van der Waals surface area contributed by atoms with E-state index < -0.39 is 6.04 Å². The van der Waals surface area contributed by atoms with E-state index in [2.05, 4.69) is 5.32 Å². The van der Waals surface area contributed by atoms with Crippen LogP contribution in [0.2, 0.25) is 0 Å². The Labute approximate surface area is 147 Å². The van der Waals surface area contributed by atoms with Gasteiger partial charge in [-0.25, -0.2) is 4.39 Å². The molecule has 0 radical (unpaired) electrons. The molecule has 6 heteroatoms. The number of hydrogen-bond acceptors (Lipinski definition) is 3. The first-order valence-corrected chi connectivity index (χ1v) is 9.51. The van der Waals surface area contributed by atoms with Crippen molar-refractivity contribution in [2.45, 2.75) is 57.5 Å². The molecule has 4 nitrogen and oxygen atoms in total. The lowest BCUT2D eigenvalue weighted by Crippen LogP contribution is -2.49. The van der Waals surface area contributed by atoms with E-state index in [1.54, 1.807) is 11.0 Å². The van der Waals surface area contributed by atoms with E-state index in [4.69, 9.17) is 0 Å². The van der Waals surface area contributed by atoms with E-state index in [1.807, 2.05) is 26.8 Å². The van der Waals surface area contributed by atoms with Gasteiger partial charge in [-0.1, -0.05) is 26.0 Å². The zero-order valence-electron chi connectivity index (χ0n) is 14.4. The Kier molecular flexibility index (Phi) is 6.66. The monoisotopic (exact) mass is 352 g/mol. The Morgan fingerprint density at radius 2 is 2.17 bits per heavy atom. The van der Waals surface area contributed by atoms with Crippen LogP contribution in [0.1, 0.15) is 51.0 Å². The van der Waals surface area contributed by atoms with Crippen molar-refractivity contribution < 1.29 is 14.0 Å². The molecule has 1 aromatic rings. The van der Waals surface area contributed by atoms with Gasteiger partial charge in [0.25, 0.3) is 0 Å². The zero-order chi connectivity index (χ0) is 17.7. The molecule has 0 aliphatic carbocycles. The summed E-state index contributed by atoms with van der Waals surface area (Å²) in [4.78, 5) is 26.8. The maximum atomic E-state index is 13.6. The third-order valence-electron chi connectivity index (χ3n) is 4.19. The topological polar surface area (TPSA) is 49.4 Å². The first-order valence-electron chi connectivity index (χ1n) is 8.46. The van der Waals surface area contributed by atoms with Gasteiger partial charge in [0.05, 0.1) is 0 Å². The second-order valence-electron chi connectivity index (χ2n) is 6.13. The van der Waals surface area contributed by atoms with Gasteiger partial charge in [0.2, 0.25) is 11.8 Å². The van der Waals surface area contributed by atoms with Crippen LogP contribution in [0, 0.1) is 5.82 Å². The molecule has 3 atom stereocenters. The summed E-state index contributed by atoms with van der Waals surface area (Å²) in [5.74, 6) is 0.0172. The molecule has 0 saturated carbocycles. The Balaban J connectivity index is 2.26. The highest BCUT2D eigenvalue weighted by molar-refractivity contribution is 7.99. The minimum atomic E-state index is -0.503. The van der Waals surface area contributed by atoms with Gasteiger partial charge in [0, 0.05) is 18.2 Å². The number of amides is 2. The number of hydrogen-bond donors (Lipinski definition) is 1. The molecule has 1 heterocycles. The van der Waals surface area contributed by atoms with E-state index in [-0.39, 0.29) is 29.0 Å². The largest absolute Gasteiger partial charge is 0.352 e. The van der Waals surface area contributed by atoms with Gasteiger partial charge in [-0.3, -0.25) is 9.59 Å². The molecule has 1 N–H and O–H groups in total. The van der Waals surface area contributed by atoms with E-state index in [0.717, 1.165) is 18.4 Å². The standard InChI is InChI=1S/C18H25FN2O2S/c1-4-7-16(22)21-15(17(23)20-12(3)5-2)11-24-18(21)13-8-6-9-14(19)10-13/h6,8-10,12,15,18H,4-5,7,11H2,1-3H3,(H,20,23). The fourth-order valence-electron chi connectivity index (χ4n) is 2.71. The molecular weight excluding hydrogens is 327 g/mol. The smallest absolute Gasteiger partial charge is 0.243 e. The molecule has 1 fully saturated rings. The van der Waals surface area contributed by atoms with Crippen LogP contribution in [0.3, 0.4) is 0 Å². The van der Waals surface area contributed by atoms with Gasteiger partial charge in [-0.2, -0.15) is 0 Å². The van der Waals surface area contributed by atoms with Crippen LogP contribution in [0.5, 0.6) is 0 Å². The SMILES string of the molecule is CCCC(=O)N1C(C(=O)NC(C)CC)CSC1c1cccc(F)c1. The molecule has 1 aliphatic rings. The summed E-state index contributed by atoms with van der Waals surface area (Å²) in [5.41, 5.74) is 0.725. The average molecular weight is 352 g/mol. The number of nitrogens with one attached hydrogen (secondary N) is 1. The number of benzene rings is 1. The molecule has 2 amide bonds. The first kappa shape index (κ1) is 18.8. The molecule has 3 unspecified atom stereocenters. The fourth-order valence-corrected chi connectivity index (χ4v) is 4.15. The minimum absolute atomic E-state index is 0.0546. The van der Waals surface area contributed by atoms with Crippen LogP contribution < -0.4 is 5.32 Å². The van der Waals surface area contributed by atoms with Crippen LogP contribution in [0.4, 0.5) is 4.39 Å². The summed E-state index contributed by atoms with van der Waals surface area (Å²) in [6, 6.07) is 5.84. The molecular formula is C18H25FN2O2S. The van der Waals surface area contributed by atoms with Crippen LogP contribution in [-0.2, 0) is 9.59 Å². The van der Waals surface area contributed by atoms with Crippen molar-refractivity contribution in [3.63, 3.8) is 0 Å². The van der Waals surface area contributed by atoms with Crippen molar-refractivity contribution in [3.05, 3.63) is 35.6 Å². The van der Waals surface area contributed by atoms with Crippen LogP contribution in [0.25, 0.3) is 0 Å². The van der Waals surface area contributed by atoms with Crippen molar-refractivity contribution in [2.24, 2.45) is 0 Å². The highest BCUT2D eigenvalue weighted by Crippen LogP contribution is 2.42. The highest BCUT2D eigenvalue weighted by atomic mass is 32.2. The van der Waals surface area contributed by atoms with Crippen LogP contribution in [0.15, 0.2) is 24.3 Å². The number of thioether (sulfide) groups is 1. The van der Waals surface area contributed by atoms with E-state index in [9.17, 15) is 14.0 Å². The van der Waals surface area contributed by atoms with Gasteiger partial charge in [-0.05, 0) is 37.5 Å². The molecule has 1 aromatic carbocycles. The van der Waals surface area contributed by atoms with E-state index in [1.165, 1.54) is 23.9 Å². The molecule has 0 spiro atoms. The van der Waals surface area contributed by atoms with Crippen molar-refractivity contribution in [1.29, 1.82) is 0 Å². The van der Waals surface area contributed by atoms with Gasteiger partial charge >= 0.3 is 0 Å². The van der Waals surface area contributed by atoms with Crippen molar-refractivity contribution in [1.82, 2.24) is 10.2 Å². The fraction of sp³-hybridized carbons (Fsp3) is 0.556. The van der Waals surface area contributed by atoms with Crippen molar-refractivity contribution in [3.8, 4) is 0 Å². The van der Waals surface area contributed by atoms with Crippen molar-refractivity contribution >= 4 is 23.6 Å². The second-order valence-corrected chi connectivity index (χ2v) is 7.24. The third kappa shape index (κ3) is 4.29. The summed E-state index contributed by atoms with van der Waals surface area (Å²) in [6.45, 7) is 5.89. The third-order valence-corrected chi connectivity index (χ3v) is 5.51. The zero-order valence-corrected chi connectivity index (χ0v) is 15.2. The normalized spacial score (nSPS) is 21.6. The van der Waals surface area contributed by atoms with Crippen LogP contribution in [-0.4, -0.2) is 34.6 Å². The Morgan fingerprint density at radius 3 is 2.79 bits per heavy atom. The van der Waals surface area contributed by atoms with E-state index in [0.29, 0.717) is 12.2 Å². The van der Waals surface area contributed by atoms with Gasteiger partial charge in [0.1, 0.15) is 17.2 Å². The first-order chi connectivity index (χ1) is 11.5. The summed E-state index contributed by atoms with van der Waals surface area (Å²) < 4.78 is 13.6. The summed E-state index contributed by atoms with van der Waals surface area (Å²) in [6.07, 6.45) is 1.94. The lowest BCUT2D eigenvalue weighted by atomic mass is 10.1. The lowest BCUT2D eigenvalue weighted by molar-refractivity contribution is -0.140. The molecule has 1 saturated heterocycles. The quantitative estimate of drug-likeness (QED) is 0.853. The molecule has 0 aromatic heterocycles. The lowest BCUT2D eigenvalue weighted by Gasteiger charge is -2.29. The predicted molar refractivity (Wildman–Crippen MR) is 95.0 cm³/mol. The highest BCUT2D eigenvalue weighted by Gasteiger charge is 2.42. The number of halogens is 1. The number of rotatable bonds is 6. The van der Waals surface area contributed by atoms with Gasteiger partial charge < -0.3 is 10.2 Å². The summed E-state index contributed by atoms with van der Waals surface area (Å²) >= 11 is 1.52. The maximum absolute atomic E-state index is 13.6. The molecule has 24 heavy (non-hydrogen) atoms. The molecule has 2 rings (SSSR count). The second kappa shape index (κ2) is 8.51. The van der Waals surface area contributed by atoms with E-state index >= 15 is 0 Å². The summed E-state index contributed by atoms with van der Waals surface area (Å²) in [7, 11) is 0. The van der Waals surface area contributed by atoms with Crippen LogP contribution >= 0.6 is 11.8 Å². The number of carbonyl (C=O) groups is 2. The average Bonchev–Trinajstić information content (AvgIpc) is 3.00. The number of carbonyl (C=O) groups excluding carboxylic acids is 2. The Morgan fingerprint density at radius 1 is 1.42 bits per heavy atom. The van der Waals surface area contributed by atoms with Gasteiger partial charge in [-0.15, -0.1) is 11.8 Å². The Bertz CT molecular complexity index is 596. The van der Waals surface area contributed by atoms with Gasteiger partial charge in [0.15, 0.2) is 0 Å².